The van der Waals surface area contributed by atoms with Gasteiger partial charge in [-0.05, 0) is 55.3 Å². The van der Waals surface area contributed by atoms with Crippen LogP contribution in [0.2, 0.25) is 0 Å². The molecule has 0 atom stereocenters. The van der Waals surface area contributed by atoms with E-state index in [9.17, 15) is 9.59 Å². The highest BCUT2D eigenvalue weighted by atomic mass is 16.5. The predicted octanol–water partition coefficient (Wildman–Crippen LogP) is 4.90. The van der Waals surface area contributed by atoms with Gasteiger partial charge < -0.3 is 4.74 Å². The zero-order valence-electron chi connectivity index (χ0n) is 14.5. The summed E-state index contributed by atoms with van der Waals surface area (Å²) in [4.78, 5) is 27.0. The molecular formula is C22H17NO3. The highest BCUT2D eigenvalue weighted by molar-refractivity contribution is 6.35. The fraction of sp³-hybridized carbons (Fsp3) is 0.0909. The lowest BCUT2D eigenvalue weighted by atomic mass is 10.1. The maximum absolute atomic E-state index is 13.0. The number of fused-ring (bicyclic) bond motifs is 1. The van der Waals surface area contributed by atoms with Crippen molar-refractivity contribution in [1.82, 2.24) is 0 Å². The molecule has 4 nitrogen and oxygen atoms in total. The fourth-order valence-electron chi connectivity index (χ4n) is 3.10. The monoisotopic (exact) mass is 343 g/mol. The average molecular weight is 343 g/mol. The summed E-state index contributed by atoms with van der Waals surface area (Å²) in [5.74, 6) is 0.379. The third-order valence-corrected chi connectivity index (χ3v) is 4.67. The number of ether oxygens (including phenoxy) is 1. The minimum Gasteiger partial charge on any atom is -0.456 e. The number of nitrogens with zero attached hydrogens (tertiary/aromatic N) is 1. The molecule has 3 aromatic rings. The van der Waals surface area contributed by atoms with Crippen molar-refractivity contribution in [3.63, 3.8) is 0 Å². The van der Waals surface area contributed by atoms with E-state index in [1.54, 1.807) is 42.5 Å². The molecule has 0 saturated heterocycles. The van der Waals surface area contributed by atoms with Crippen LogP contribution in [0.1, 0.15) is 31.8 Å². The molecule has 0 aromatic heterocycles. The molecule has 0 aliphatic carbocycles. The van der Waals surface area contributed by atoms with Gasteiger partial charge in [-0.25, -0.2) is 4.90 Å². The van der Waals surface area contributed by atoms with Crippen molar-refractivity contribution < 1.29 is 14.3 Å². The highest BCUT2D eigenvalue weighted by Gasteiger charge is 2.39. The number of rotatable bonds is 3. The van der Waals surface area contributed by atoms with Crippen LogP contribution >= 0.6 is 0 Å². The molecule has 4 heteroatoms. The van der Waals surface area contributed by atoms with Gasteiger partial charge >= 0.3 is 0 Å². The molecule has 2 amide bonds. The number of para-hydroxylation sites is 1. The first-order chi connectivity index (χ1) is 12.6. The van der Waals surface area contributed by atoms with Gasteiger partial charge in [-0.1, -0.05) is 36.4 Å². The van der Waals surface area contributed by atoms with Crippen LogP contribution in [0.15, 0.2) is 66.7 Å². The van der Waals surface area contributed by atoms with Crippen molar-refractivity contribution in [3.8, 4) is 11.5 Å². The zero-order chi connectivity index (χ0) is 18.3. The number of hydrogen-bond donors (Lipinski definition) is 0. The van der Waals surface area contributed by atoms with Crippen molar-refractivity contribution in [2.24, 2.45) is 0 Å². The molecule has 4 rings (SSSR count). The van der Waals surface area contributed by atoms with E-state index in [1.807, 2.05) is 38.1 Å². The second-order valence-corrected chi connectivity index (χ2v) is 6.26. The molecule has 26 heavy (non-hydrogen) atoms. The average Bonchev–Trinajstić information content (AvgIpc) is 2.91. The Bertz CT molecular complexity index is 1020. The Labute approximate surface area is 151 Å². The van der Waals surface area contributed by atoms with E-state index in [0.717, 1.165) is 11.1 Å². The van der Waals surface area contributed by atoms with E-state index >= 15 is 0 Å². The molecule has 0 bridgehead atoms. The molecule has 0 spiro atoms. The number of hydrogen-bond acceptors (Lipinski definition) is 3. The molecule has 1 heterocycles. The summed E-state index contributed by atoms with van der Waals surface area (Å²) in [6.45, 7) is 3.97. The van der Waals surface area contributed by atoms with E-state index in [0.29, 0.717) is 28.3 Å². The zero-order valence-corrected chi connectivity index (χ0v) is 14.5. The van der Waals surface area contributed by atoms with Gasteiger partial charge in [0.15, 0.2) is 0 Å². The summed E-state index contributed by atoms with van der Waals surface area (Å²) in [6, 6.07) is 19.8. The Morgan fingerprint density at radius 3 is 2.19 bits per heavy atom. The van der Waals surface area contributed by atoms with E-state index in [-0.39, 0.29) is 11.8 Å². The first kappa shape index (κ1) is 16.1. The van der Waals surface area contributed by atoms with Crippen molar-refractivity contribution in [2.45, 2.75) is 13.8 Å². The van der Waals surface area contributed by atoms with Gasteiger partial charge in [0.1, 0.15) is 11.5 Å². The van der Waals surface area contributed by atoms with Crippen LogP contribution < -0.4 is 9.64 Å². The molecule has 0 unspecified atom stereocenters. The van der Waals surface area contributed by atoms with Crippen LogP contribution in [-0.4, -0.2) is 11.8 Å². The molecule has 0 saturated carbocycles. The van der Waals surface area contributed by atoms with Gasteiger partial charge in [0, 0.05) is 0 Å². The van der Waals surface area contributed by atoms with Crippen molar-refractivity contribution in [2.75, 3.05) is 4.90 Å². The number of carbonyl (C=O) groups excluding carboxylic acids is 2. The lowest BCUT2D eigenvalue weighted by molar-refractivity contribution is 0.0925. The Balaban J connectivity index is 1.78. The van der Waals surface area contributed by atoms with Crippen LogP contribution in [0.5, 0.6) is 11.5 Å². The van der Waals surface area contributed by atoms with E-state index in [4.69, 9.17) is 4.74 Å². The number of amides is 2. The largest absolute Gasteiger partial charge is 0.456 e. The van der Waals surface area contributed by atoms with Crippen molar-refractivity contribution >= 4 is 17.5 Å². The smallest absolute Gasteiger partial charge is 0.269 e. The highest BCUT2D eigenvalue weighted by Crippen LogP contribution is 2.37. The maximum Gasteiger partial charge on any atom is 0.269 e. The Morgan fingerprint density at radius 2 is 1.42 bits per heavy atom. The minimum atomic E-state index is -0.364. The van der Waals surface area contributed by atoms with Crippen LogP contribution in [0, 0.1) is 13.8 Å². The molecule has 1 aliphatic rings. The van der Waals surface area contributed by atoms with E-state index in [2.05, 4.69) is 0 Å². The fourth-order valence-corrected chi connectivity index (χ4v) is 3.10. The number of aryl methyl sites for hydroxylation is 1. The second-order valence-electron chi connectivity index (χ2n) is 6.26. The SMILES string of the molecule is Cc1cccc(Oc2cccc3c2C(=O)N(c2ccccc2)C3=O)c1C. The Hall–Kier alpha value is -3.40. The summed E-state index contributed by atoms with van der Waals surface area (Å²) < 4.78 is 6.04. The standard InChI is InChI=1S/C22H17NO3/c1-14-8-6-12-18(15(14)2)26-19-13-7-11-17-20(19)22(25)23(21(17)24)16-9-4-3-5-10-16/h3-13H,1-2H3. The van der Waals surface area contributed by atoms with Gasteiger partial charge in [-0.3, -0.25) is 9.59 Å². The summed E-state index contributed by atoms with van der Waals surface area (Å²) in [6.07, 6.45) is 0. The Kier molecular flexibility index (Phi) is 3.81. The molecule has 128 valence electrons. The molecule has 0 fully saturated rings. The number of carbonyl (C=O) groups is 2. The van der Waals surface area contributed by atoms with Gasteiger partial charge in [-0.2, -0.15) is 0 Å². The van der Waals surface area contributed by atoms with E-state index < -0.39 is 0 Å². The van der Waals surface area contributed by atoms with Crippen LogP contribution in [0.4, 0.5) is 5.69 Å². The van der Waals surface area contributed by atoms with Crippen LogP contribution in [-0.2, 0) is 0 Å². The normalized spacial score (nSPS) is 13.1. The summed E-state index contributed by atoms with van der Waals surface area (Å²) in [7, 11) is 0. The molecule has 0 N–H and O–H groups in total. The topological polar surface area (TPSA) is 46.6 Å². The predicted molar refractivity (Wildman–Crippen MR) is 100 cm³/mol. The van der Waals surface area contributed by atoms with Crippen LogP contribution in [0.25, 0.3) is 0 Å². The van der Waals surface area contributed by atoms with Crippen LogP contribution in [0.3, 0.4) is 0 Å². The first-order valence-electron chi connectivity index (χ1n) is 8.39. The van der Waals surface area contributed by atoms with Crippen molar-refractivity contribution in [1.29, 1.82) is 0 Å². The Morgan fingerprint density at radius 1 is 0.731 bits per heavy atom. The third kappa shape index (κ3) is 2.47. The number of anilines is 1. The quantitative estimate of drug-likeness (QED) is 0.636. The molecule has 3 aromatic carbocycles. The van der Waals surface area contributed by atoms with Gasteiger partial charge in [0.25, 0.3) is 11.8 Å². The molecular weight excluding hydrogens is 326 g/mol. The number of benzene rings is 3. The van der Waals surface area contributed by atoms with E-state index in [1.165, 1.54) is 4.90 Å². The summed E-state index contributed by atoms with van der Waals surface area (Å²) >= 11 is 0. The second kappa shape index (κ2) is 6.15. The lowest BCUT2D eigenvalue weighted by Gasteiger charge is -2.14. The third-order valence-electron chi connectivity index (χ3n) is 4.67. The van der Waals surface area contributed by atoms with Crippen molar-refractivity contribution in [3.05, 3.63) is 89.0 Å². The van der Waals surface area contributed by atoms with Gasteiger partial charge in [-0.15, -0.1) is 0 Å². The maximum atomic E-state index is 13.0. The molecule has 0 radical (unpaired) electrons. The lowest BCUT2D eigenvalue weighted by Crippen LogP contribution is -2.29. The van der Waals surface area contributed by atoms with Gasteiger partial charge in [0.2, 0.25) is 0 Å². The first-order valence-corrected chi connectivity index (χ1v) is 8.39. The number of imide groups is 1. The van der Waals surface area contributed by atoms with Gasteiger partial charge in [0.05, 0.1) is 16.8 Å². The summed E-state index contributed by atoms with van der Waals surface area (Å²) in [5, 5.41) is 0. The minimum absolute atomic E-state index is 0.308. The summed E-state index contributed by atoms with van der Waals surface area (Å²) in [5.41, 5.74) is 3.32. The molecule has 1 aliphatic heterocycles.